The molecular weight excluding hydrogens is 318 g/mol. The fourth-order valence-electron chi connectivity index (χ4n) is 2.98. The van der Waals surface area contributed by atoms with E-state index in [-0.39, 0.29) is 11.8 Å². The molecule has 0 spiro atoms. The summed E-state index contributed by atoms with van der Waals surface area (Å²) in [4.78, 5) is 28.3. The molecule has 1 aliphatic heterocycles. The third kappa shape index (κ3) is 3.63. The Balaban J connectivity index is 1.61. The number of nitrogens with one attached hydrogen (secondary N) is 2. The van der Waals surface area contributed by atoms with E-state index in [9.17, 15) is 9.59 Å². The van der Waals surface area contributed by atoms with Crippen LogP contribution in [-0.4, -0.2) is 36.5 Å². The van der Waals surface area contributed by atoms with Crippen LogP contribution in [0.4, 0.5) is 0 Å². The lowest BCUT2D eigenvalue weighted by Crippen LogP contribution is -2.35. The number of rotatable bonds is 5. The Bertz CT molecular complexity index is 797. The number of hydrogen-bond acceptors (Lipinski definition) is 4. The number of aromatic nitrogens is 1. The molecule has 0 saturated heterocycles. The number of hydrogen-bond donors (Lipinski definition) is 2. The Morgan fingerprint density at radius 2 is 2.04 bits per heavy atom. The predicted octanol–water partition coefficient (Wildman–Crippen LogP) is 1.79. The molecule has 6 nitrogen and oxygen atoms in total. The molecule has 1 aromatic carbocycles. The van der Waals surface area contributed by atoms with Gasteiger partial charge in [-0.2, -0.15) is 0 Å². The van der Waals surface area contributed by atoms with Gasteiger partial charge in [0.15, 0.2) is 0 Å². The van der Waals surface area contributed by atoms with E-state index in [1.54, 1.807) is 0 Å². The van der Waals surface area contributed by atoms with Gasteiger partial charge in [-0.05, 0) is 37.0 Å². The van der Waals surface area contributed by atoms with E-state index in [4.69, 9.17) is 4.74 Å². The summed E-state index contributed by atoms with van der Waals surface area (Å²) in [7, 11) is 0. The van der Waals surface area contributed by atoms with Gasteiger partial charge in [0.25, 0.3) is 11.8 Å². The third-order valence-corrected chi connectivity index (χ3v) is 4.25. The Kier molecular flexibility index (Phi) is 4.97. The Morgan fingerprint density at radius 3 is 2.80 bits per heavy atom. The SMILES string of the molecule is Cc1cccc(C)c1OCCNC(=O)c1cncc2c1CCNC2=O. The summed E-state index contributed by atoms with van der Waals surface area (Å²) in [6, 6.07) is 5.97. The quantitative estimate of drug-likeness (QED) is 0.814. The number of nitrogens with zero attached hydrogens (tertiary/aromatic N) is 1. The topological polar surface area (TPSA) is 80.3 Å². The van der Waals surface area contributed by atoms with Crippen molar-refractivity contribution in [3.8, 4) is 5.75 Å². The third-order valence-electron chi connectivity index (χ3n) is 4.25. The van der Waals surface area contributed by atoms with Crippen molar-refractivity contribution < 1.29 is 14.3 Å². The maximum Gasteiger partial charge on any atom is 0.253 e. The smallest absolute Gasteiger partial charge is 0.253 e. The zero-order valence-corrected chi connectivity index (χ0v) is 14.4. The molecule has 6 heteroatoms. The van der Waals surface area contributed by atoms with Crippen LogP contribution in [0.25, 0.3) is 0 Å². The van der Waals surface area contributed by atoms with Crippen molar-refractivity contribution in [2.45, 2.75) is 20.3 Å². The molecule has 2 amide bonds. The molecule has 0 unspecified atom stereocenters. The van der Waals surface area contributed by atoms with Crippen LogP contribution >= 0.6 is 0 Å². The first kappa shape index (κ1) is 17.0. The average Bonchev–Trinajstić information content (AvgIpc) is 2.60. The molecule has 1 aliphatic rings. The van der Waals surface area contributed by atoms with E-state index in [1.807, 2.05) is 32.0 Å². The molecule has 2 heterocycles. The van der Waals surface area contributed by atoms with Gasteiger partial charge in [-0.1, -0.05) is 18.2 Å². The zero-order chi connectivity index (χ0) is 17.8. The van der Waals surface area contributed by atoms with Crippen molar-refractivity contribution >= 4 is 11.8 Å². The monoisotopic (exact) mass is 339 g/mol. The highest BCUT2D eigenvalue weighted by Gasteiger charge is 2.22. The first-order valence-corrected chi connectivity index (χ1v) is 8.30. The van der Waals surface area contributed by atoms with Crippen molar-refractivity contribution in [3.63, 3.8) is 0 Å². The number of fused-ring (bicyclic) bond motifs is 1. The average molecular weight is 339 g/mol. The summed E-state index contributed by atoms with van der Waals surface area (Å²) in [6.07, 6.45) is 3.65. The number of pyridine rings is 1. The molecule has 130 valence electrons. The predicted molar refractivity (Wildman–Crippen MR) is 94.0 cm³/mol. The fourth-order valence-corrected chi connectivity index (χ4v) is 2.98. The Hall–Kier alpha value is -2.89. The molecule has 0 radical (unpaired) electrons. The van der Waals surface area contributed by atoms with Gasteiger partial charge in [-0.3, -0.25) is 14.6 Å². The lowest BCUT2D eigenvalue weighted by Gasteiger charge is -2.18. The van der Waals surface area contributed by atoms with Crippen LogP contribution in [0.1, 0.15) is 37.4 Å². The van der Waals surface area contributed by atoms with E-state index in [1.165, 1.54) is 12.4 Å². The van der Waals surface area contributed by atoms with Crippen LogP contribution in [0.15, 0.2) is 30.6 Å². The molecule has 0 atom stereocenters. The first-order valence-electron chi connectivity index (χ1n) is 8.30. The number of aryl methyl sites for hydroxylation is 2. The maximum absolute atomic E-state index is 12.4. The van der Waals surface area contributed by atoms with Crippen molar-refractivity contribution in [2.75, 3.05) is 19.7 Å². The second-order valence-electron chi connectivity index (χ2n) is 6.04. The van der Waals surface area contributed by atoms with Crippen molar-refractivity contribution in [2.24, 2.45) is 0 Å². The van der Waals surface area contributed by atoms with E-state index in [2.05, 4.69) is 15.6 Å². The van der Waals surface area contributed by atoms with E-state index < -0.39 is 0 Å². The number of benzene rings is 1. The Morgan fingerprint density at radius 1 is 1.28 bits per heavy atom. The van der Waals surface area contributed by atoms with Crippen LogP contribution in [0.3, 0.4) is 0 Å². The summed E-state index contributed by atoms with van der Waals surface area (Å²) < 4.78 is 5.79. The molecule has 1 aromatic heterocycles. The molecule has 0 fully saturated rings. The zero-order valence-electron chi connectivity index (χ0n) is 14.4. The molecule has 0 bridgehead atoms. The van der Waals surface area contributed by atoms with Gasteiger partial charge in [-0.15, -0.1) is 0 Å². The minimum Gasteiger partial charge on any atom is -0.491 e. The van der Waals surface area contributed by atoms with Crippen LogP contribution in [-0.2, 0) is 6.42 Å². The van der Waals surface area contributed by atoms with Gasteiger partial charge in [0.05, 0.1) is 17.7 Å². The second kappa shape index (κ2) is 7.34. The molecule has 2 aromatic rings. The minimum atomic E-state index is -0.232. The second-order valence-corrected chi connectivity index (χ2v) is 6.04. The number of ether oxygens (including phenoxy) is 1. The Labute approximate surface area is 146 Å². The summed E-state index contributed by atoms with van der Waals surface area (Å²) >= 11 is 0. The van der Waals surface area contributed by atoms with E-state index in [0.29, 0.717) is 37.2 Å². The van der Waals surface area contributed by atoms with Crippen molar-refractivity contribution in [1.82, 2.24) is 15.6 Å². The lowest BCUT2D eigenvalue weighted by molar-refractivity contribution is 0.0941. The van der Waals surface area contributed by atoms with Gasteiger partial charge >= 0.3 is 0 Å². The van der Waals surface area contributed by atoms with Crippen molar-refractivity contribution in [1.29, 1.82) is 0 Å². The number of carbonyl (C=O) groups is 2. The highest BCUT2D eigenvalue weighted by atomic mass is 16.5. The first-order chi connectivity index (χ1) is 12.1. The minimum absolute atomic E-state index is 0.179. The van der Waals surface area contributed by atoms with Gasteiger partial charge < -0.3 is 15.4 Å². The summed E-state index contributed by atoms with van der Waals surface area (Å²) in [5.41, 5.74) is 3.83. The van der Waals surface area contributed by atoms with Gasteiger partial charge in [0, 0.05) is 18.9 Å². The molecule has 0 aliphatic carbocycles. The largest absolute Gasteiger partial charge is 0.491 e. The van der Waals surface area contributed by atoms with E-state index >= 15 is 0 Å². The highest BCUT2D eigenvalue weighted by molar-refractivity contribution is 6.02. The number of amides is 2. The number of para-hydroxylation sites is 1. The van der Waals surface area contributed by atoms with Crippen LogP contribution in [0, 0.1) is 13.8 Å². The van der Waals surface area contributed by atoms with Gasteiger partial charge in [-0.25, -0.2) is 0 Å². The maximum atomic E-state index is 12.4. The highest BCUT2D eigenvalue weighted by Crippen LogP contribution is 2.22. The van der Waals surface area contributed by atoms with Crippen molar-refractivity contribution in [3.05, 3.63) is 58.4 Å². The normalized spacial score (nSPS) is 13.0. The summed E-state index contributed by atoms with van der Waals surface area (Å²) in [5.74, 6) is 0.443. The fraction of sp³-hybridized carbons (Fsp3) is 0.316. The van der Waals surface area contributed by atoms with Crippen LogP contribution in [0.5, 0.6) is 5.75 Å². The molecule has 0 saturated carbocycles. The van der Waals surface area contributed by atoms with Crippen LogP contribution in [0.2, 0.25) is 0 Å². The standard InChI is InChI=1S/C19H21N3O3/c1-12-4-3-5-13(2)17(12)25-9-8-22-19(24)16-11-20-10-15-14(16)6-7-21-18(15)23/h3-5,10-11H,6-9H2,1-2H3,(H,21,23)(H,22,24). The van der Waals surface area contributed by atoms with E-state index in [0.717, 1.165) is 22.4 Å². The summed E-state index contributed by atoms with van der Waals surface area (Å²) in [5, 5.41) is 5.59. The lowest BCUT2D eigenvalue weighted by atomic mass is 9.97. The molecule has 3 rings (SSSR count). The molecule has 2 N–H and O–H groups in total. The molecule has 25 heavy (non-hydrogen) atoms. The molecular formula is C19H21N3O3. The van der Waals surface area contributed by atoms with Gasteiger partial charge in [0.2, 0.25) is 0 Å². The van der Waals surface area contributed by atoms with Gasteiger partial charge in [0.1, 0.15) is 12.4 Å². The van der Waals surface area contributed by atoms with Crippen LogP contribution < -0.4 is 15.4 Å². The summed E-state index contributed by atoms with van der Waals surface area (Å²) in [6.45, 7) is 5.27. The number of carbonyl (C=O) groups excluding carboxylic acids is 2.